The van der Waals surface area contributed by atoms with Gasteiger partial charge in [0, 0.05) is 45.4 Å². The number of anilines is 3. The number of amides is 1. The van der Waals surface area contributed by atoms with E-state index in [1.165, 1.54) is 17.5 Å². The number of allylic oxidation sites excluding steroid dienone is 3. The van der Waals surface area contributed by atoms with Crippen LogP contribution in [0, 0.1) is 6.92 Å². The molecule has 1 aliphatic heterocycles. The van der Waals surface area contributed by atoms with Crippen molar-refractivity contribution in [1.82, 2.24) is 40.2 Å². The molecule has 1 saturated heterocycles. The van der Waals surface area contributed by atoms with Gasteiger partial charge in [-0.15, -0.1) is 5.10 Å². The van der Waals surface area contributed by atoms with Crippen LogP contribution in [0.5, 0.6) is 0 Å². The van der Waals surface area contributed by atoms with Gasteiger partial charge in [-0.05, 0) is 25.8 Å². The molecule has 0 spiro atoms. The molecule has 3 aromatic rings. The van der Waals surface area contributed by atoms with E-state index in [9.17, 15) is 4.79 Å². The molecule has 75 heavy (non-hydrogen) atoms. The van der Waals surface area contributed by atoms with Crippen LogP contribution in [0.3, 0.4) is 0 Å². The van der Waals surface area contributed by atoms with E-state index < -0.39 is 0 Å². The number of aryl methyl sites for hydroxylation is 1. The van der Waals surface area contributed by atoms with Crippen molar-refractivity contribution in [2.45, 2.75) is 40.3 Å². The van der Waals surface area contributed by atoms with Gasteiger partial charge in [0.05, 0.1) is 182 Å². The quantitative estimate of drug-likeness (QED) is 0.0588. The molecule has 23 nitrogen and oxygen atoms in total. The Morgan fingerprint density at radius 3 is 1.65 bits per heavy atom. The van der Waals surface area contributed by atoms with Gasteiger partial charge in [-0.25, -0.2) is 19.6 Å². The number of ether oxygens (including phenoxy) is 12. The summed E-state index contributed by atoms with van der Waals surface area (Å²) in [6.45, 7) is 30.3. The van der Waals surface area contributed by atoms with Crippen LogP contribution < -0.4 is 15.5 Å². The van der Waals surface area contributed by atoms with Crippen molar-refractivity contribution in [2.75, 3.05) is 195 Å². The van der Waals surface area contributed by atoms with Crippen molar-refractivity contribution >= 4 is 45.6 Å². The molecule has 0 aromatic carbocycles. The lowest BCUT2D eigenvalue weighted by molar-refractivity contribution is -0.0275. The molecule has 0 atom stereocenters. The van der Waals surface area contributed by atoms with Gasteiger partial charge in [-0.2, -0.15) is 0 Å². The van der Waals surface area contributed by atoms with Crippen molar-refractivity contribution in [1.29, 1.82) is 0 Å². The van der Waals surface area contributed by atoms with Gasteiger partial charge >= 0.3 is 0 Å². The number of hydrogen-bond donors (Lipinski definition) is 2. The van der Waals surface area contributed by atoms with Crippen molar-refractivity contribution < 1.29 is 61.6 Å². The number of rotatable bonds is 47. The summed E-state index contributed by atoms with van der Waals surface area (Å²) in [5.41, 5.74) is 1.89. The summed E-state index contributed by atoms with van der Waals surface area (Å²) >= 11 is 7.29. The van der Waals surface area contributed by atoms with Crippen molar-refractivity contribution in [3.05, 3.63) is 70.4 Å². The number of hydrogen-bond acceptors (Lipinski definition) is 22. The maximum absolute atomic E-state index is 12.9. The summed E-state index contributed by atoms with van der Waals surface area (Å²) in [6, 6.07) is 1.90. The Hall–Kier alpha value is -4.09. The Morgan fingerprint density at radius 2 is 1.17 bits per heavy atom. The average Bonchev–Trinajstić information content (AvgIpc) is 4.08. The van der Waals surface area contributed by atoms with Crippen molar-refractivity contribution in [3.8, 4) is 0 Å². The second kappa shape index (κ2) is 41.1. The number of carbonyl (C=O) groups excluding carboxylic acids is 1. The first-order valence-corrected chi connectivity index (χ1v) is 26.8. The fourth-order valence-corrected chi connectivity index (χ4v) is 7.59. The van der Waals surface area contributed by atoms with Gasteiger partial charge in [-0.3, -0.25) is 9.69 Å². The number of halogens is 1. The molecule has 25 heteroatoms. The molecule has 3 aromatic heterocycles. The molecule has 422 valence electrons. The lowest BCUT2D eigenvalue weighted by atomic mass is 10.2. The zero-order valence-electron chi connectivity index (χ0n) is 44.3. The van der Waals surface area contributed by atoms with Crippen molar-refractivity contribution in [3.63, 3.8) is 0 Å². The zero-order valence-corrected chi connectivity index (χ0v) is 45.9. The Labute approximate surface area is 451 Å². The van der Waals surface area contributed by atoms with Crippen LogP contribution in [-0.2, 0) is 70.0 Å². The summed E-state index contributed by atoms with van der Waals surface area (Å²) in [6.07, 6.45) is 6.00. The molecule has 0 radical (unpaired) electrons. The Morgan fingerprint density at radius 1 is 0.693 bits per heavy atom. The molecule has 1 aliphatic rings. The molecule has 0 saturated carbocycles. The highest BCUT2D eigenvalue weighted by molar-refractivity contribution is 7.17. The summed E-state index contributed by atoms with van der Waals surface area (Å²) in [4.78, 5) is 31.5. The first-order valence-electron chi connectivity index (χ1n) is 25.6. The fourth-order valence-electron chi connectivity index (χ4n) is 6.67. The maximum Gasteiger partial charge on any atom is 0.267 e. The second-order valence-corrected chi connectivity index (χ2v) is 18.0. The number of carbonyl (C=O) groups is 1. The van der Waals surface area contributed by atoms with Gasteiger partial charge in [0.25, 0.3) is 5.91 Å². The standard InChI is InChI=1S/C50H81ClN10O13S/c1-6-14-63-17-19-65-21-23-67-25-27-69-29-31-71-33-35-73-36-34-72-32-30-70-28-26-68-24-22-66-20-18-64-16-13-61-39-44(57-58-61)40-74-15-12-59-8-10-60(11-9-59)47-37-46(53-43(5)54-47)55-50-52-38-45(75-50)49(62)56-48(42(4)51)41(3)7-2/h7,37-39H,2,4,6,8-36,40H2,1,3,5H3,(H,56,62)(H,52,53,54,55)/b48-41+. The predicted octanol–water partition coefficient (Wildman–Crippen LogP) is 4.45. The van der Waals surface area contributed by atoms with Crippen LogP contribution in [0.2, 0.25) is 0 Å². The lowest BCUT2D eigenvalue weighted by Gasteiger charge is -2.35. The molecule has 0 unspecified atom stereocenters. The number of thiazole rings is 1. The van der Waals surface area contributed by atoms with Gasteiger partial charge in [0.1, 0.15) is 28.0 Å². The minimum absolute atomic E-state index is 0.215. The molecule has 1 amide bonds. The zero-order chi connectivity index (χ0) is 53.4. The molecular weight excluding hydrogens is 1020 g/mol. The van der Waals surface area contributed by atoms with Crippen LogP contribution in [0.4, 0.5) is 16.8 Å². The normalized spacial score (nSPS) is 13.4. The highest BCUT2D eigenvalue weighted by atomic mass is 35.5. The van der Waals surface area contributed by atoms with Crippen LogP contribution >= 0.6 is 22.9 Å². The van der Waals surface area contributed by atoms with E-state index in [2.05, 4.69) is 65.8 Å². The molecule has 0 bridgehead atoms. The van der Waals surface area contributed by atoms with E-state index in [0.717, 1.165) is 57.3 Å². The Balaban J connectivity index is 0.879. The molecular formula is C50H81ClN10O13S. The first kappa shape index (κ1) is 63.4. The van der Waals surface area contributed by atoms with Gasteiger partial charge in [-0.1, -0.05) is 54.3 Å². The number of piperazine rings is 1. The van der Waals surface area contributed by atoms with Crippen LogP contribution in [-0.4, -0.2) is 225 Å². The number of aromatic nitrogens is 6. The van der Waals surface area contributed by atoms with E-state index in [1.54, 1.807) is 17.7 Å². The Kier molecular flexibility index (Phi) is 34.7. The first-order chi connectivity index (χ1) is 36.7. The number of nitrogens with zero attached hydrogens (tertiary/aromatic N) is 8. The minimum atomic E-state index is -0.347. The lowest BCUT2D eigenvalue weighted by Crippen LogP contribution is -2.47. The van der Waals surface area contributed by atoms with E-state index in [1.807, 2.05) is 19.2 Å². The molecule has 4 rings (SSSR count). The van der Waals surface area contributed by atoms with Crippen molar-refractivity contribution in [2.24, 2.45) is 0 Å². The van der Waals surface area contributed by atoms with E-state index in [4.69, 9.17) is 68.4 Å². The minimum Gasteiger partial charge on any atom is -0.379 e. The van der Waals surface area contributed by atoms with E-state index in [-0.39, 0.29) is 10.9 Å². The smallest absolute Gasteiger partial charge is 0.267 e. The summed E-state index contributed by atoms with van der Waals surface area (Å²) in [7, 11) is 0. The van der Waals surface area contributed by atoms with Gasteiger partial charge in [0.15, 0.2) is 5.13 Å². The van der Waals surface area contributed by atoms with Gasteiger partial charge in [0.2, 0.25) is 0 Å². The molecule has 0 aliphatic carbocycles. The highest BCUT2D eigenvalue weighted by Gasteiger charge is 2.20. The maximum atomic E-state index is 12.9. The summed E-state index contributed by atoms with van der Waals surface area (Å²) in [5, 5.41) is 15.2. The third-order valence-electron chi connectivity index (χ3n) is 10.6. The van der Waals surface area contributed by atoms with Crippen LogP contribution in [0.15, 0.2) is 54.0 Å². The number of nitrogens with one attached hydrogen (secondary N) is 2. The highest BCUT2D eigenvalue weighted by Crippen LogP contribution is 2.25. The third kappa shape index (κ3) is 29.3. The van der Waals surface area contributed by atoms with Gasteiger partial charge < -0.3 is 72.4 Å². The van der Waals surface area contributed by atoms with Crippen LogP contribution in [0.1, 0.15) is 41.5 Å². The summed E-state index contributed by atoms with van der Waals surface area (Å²) < 4.78 is 68.4. The second-order valence-electron chi connectivity index (χ2n) is 16.5. The SMILES string of the molecule is C=C/C(C)=C(/NC(=O)c1cnc(Nc2cc(N3CCN(CCOCc4cn(CCOCCOCCOCCOCCOCCOCCOCCOCCOCCOCCOCCC)nn4)CC3)nc(C)n2)s1)C(=C)Cl. The average molecular weight is 1100 g/mol. The third-order valence-corrected chi connectivity index (χ3v) is 11.7. The largest absolute Gasteiger partial charge is 0.379 e. The van der Waals surface area contributed by atoms with Crippen LogP contribution in [0.25, 0.3) is 0 Å². The monoisotopic (exact) mass is 1100 g/mol. The fraction of sp³-hybridized carbons (Fsp3) is 0.680. The van der Waals surface area contributed by atoms with E-state index >= 15 is 0 Å². The topological polar surface area (TPSA) is 228 Å². The molecule has 1 fully saturated rings. The van der Waals surface area contributed by atoms with E-state index in [0.29, 0.717) is 191 Å². The Bertz CT molecular complexity index is 2030. The molecule has 4 heterocycles. The summed E-state index contributed by atoms with van der Waals surface area (Å²) in [5.74, 6) is 1.69. The molecule has 2 N–H and O–H groups in total. The predicted molar refractivity (Wildman–Crippen MR) is 285 cm³/mol.